The average molecular weight is 352 g/mol. The third-order valence-corrected chi connectivity index (χ3v) is 4.70. The fraction of sp³-hybridized carbons (Fsp3) is 0.400. The molecule has 0 radical (unpaired) electrons. The molecule has 1 saturated heterocycles. The molecule has 6 heteroatoms. The Balaban J connectivity index is 1.82. The van der Waals surface area contributed by atoms with Crippen LogP contribution in [0.15, 0.2) is 48.1 Å². The van der Waals surface area contributed by atoms with Crippen LogP contribution in [0.5, 0.6) is 0 Å². The van der Waals surface area contributed by atoms with Gasteiger partial charge < -0.3 is 21.7 Å². The second-order valence-electron chi connectivity index (χ2n) is 7.02. The van der Waals surface area contributed by atoms with Crippen molar-refractivity contribution in [3.05, 3.63) is 48.1 Å². The van der Waals surface area contributed by atoms with Gasteiger partial charge >= 0.3 is 0 Å². The van der Waals surface area contributed by atoms with Gasteiger partial charge in [-0.3, -0.25) is 4.98 Å². The number of rotatable bonds is 5. The minimum atomic E-state index is 0.307. The van der Waals surface area contributed by atoms with Crippen LogP contribution < -0.4 is 21.7 Å². The molecule has 0 amide bonds. The van der Waals surface area contributed by atoms with Gasteiger partial charge in [0.1, 0.15) is 11.6 Å². The molecule has 0 spiro atoms. The lowest BCUT2D eigenvalue weighted by atomic mass is 10.0. The van der Waals surface area contributed by atoms with E-state index >= 15 is 0 Å². The number of aromatic nitrogens is 2. The molecule has 1 fully saturated rings. The fourth-order valence-corrected chi connectivity index (χ4v) is 3.16. The van der Waals surface area contributed by atoms with Gasteiger partial charge in [-0.25, -0.2) is 4.98 Å². The number of piperidine rings is 1. The predicted octanol–water partition coefficient (Wildman–Crippen LogP) is 3.33. The molecule has 0 bridgehead atoms. The molecule has 2 aromatic rings. The highest BCUT2D eigenvalue weighted by Crippen LogP contribution is 2.23. The molecule has 1 aliphatic rings. The van der Waals surface area contributed by atoms with E-state index in [0.717, 1.165) is 35.4 Å². The van der Waals surface area contributed by atoms with Crippen LogP contribution in [0.1, 0.15) is 33.1 Å². The molecule has 0 aliphatic carbocycles. The lowest BCUT2D eigenvalue weighted by Gasteiger charge is -2.28. The minimum absolute atomic E-state index is 0.307. The summed E-state index contributed by atoms with van der Waals surface area (Å²) in [4.78, 5) is 11.6. The van der Waals surface area contributed by atoms with Gasteiger partial charge in [0.25, 0.3) is 0 Å². The van der Waals surface area contributed by atoms with Gasteiger partial charge in [-0.1, -0.05) is 13.8 Å². The molecule has 2 aromatic heterocycles. The number of nitrogens with two attached hydrogens (primary N) is 2. The Labute approximate surface area is 155 Å². The lowest BCUT2D eigenvalue weighted by Crippen LogP contribution is -2.29. The zero-order valence-corrected chi connectivity index (χ0v) is 15.6. The Morgan fingerprint density at radius 3 is 2.65 bits per heavy atom. The van der Waals surface area contributed by atoms with Gasteiger partial charge in [0, 0.05) is 13.1 Å². The average Bonchev–Trinajstić information content (AvgIpc) is 2.66. The van der Waals surface area contributed by atoms with Gasteiger partial charge in [0.05, 0.1) is 22.9 Å². The first-order chi connectivity index (χ1) is 12.6. The summed E-state index contributed by atoms with van der Waals surface area (Å²) in [5.41, 5.74) is 15.6. The van der Waals surface area contributed by atoms with Crippen LogP contribution in [0.4, 0.5) is 11.5 Å². The van der Waals surface area contributed by atoms with Crippen molar-refractivity contribution < 1.29 is 0 Å². The molecular formula is C20H28N6. The maximum Gasteiger partial charge on any atom is 0.132 e. The van der Waals surface area contributed by atoms with E-state index in [-0.39, 0.29) is 0 Å². The van der Waals surface area contributed by atoms with E-state index in [1.807, 2.05) is 24.4 Å². The number of nitrogens with zero attached hydrogens (tertiary/aromatic N) is 3. The minimum Gasteiger partial charge on any atom is -0.404 e. The number of hydrogen-bond acceptors (Lipinski definition) is 6. The Morgan fingerprint density at radius 1 is 1.19 bits per heavy atom. The largest absolute Gasteiger partial charge is 0.404 e. The Kier molecular flexibility index (Phi) is 5.61. The monoisotopic (exact) mass is 352 g/mol. The smallest absolute Gasteiger partial charge is 0.132 e. The highest BCUT2D eigenvalue weighted by Gasteiger charge is 2.12. The summed E-state index contributed by atoms with van der Waals surface area (Å²) in [6.07, 6.45) is 9.16. The van der Waals surface area contributed by atoms with Crippen LogP contribution in [0.3, 0.4) is 0 Å². The van der Waals surface area contributed by atoms with Crippen molar-refractivity contribution in [3.63, 3.8) is 0 Å². The maximum atomic E-state index is 6.10. The number of hydrogen-bond donors (Lipinski definition) is 3. The first kappa shape index (κ1) is 18.0. The third kappa shape index (κ3) is 4.25. The van der Waals surface area contributed by atoms with Crippen LogP contribution in [-0.2, 0) is 0 Å². The standard InChI is InChI=1S/C20H28N6/c1-14(2)15(12-21)10-19(22)25-20-7-6-17-18(24-20)11-16(13-23-17)26-8-4-3-5-9-26/h6-7,10-14H,3-5,8-9,21-22H2,1-2H3,(H,24,25)/b15-12+,19-10+. The normalized spacial score (nSPS) is 16.3. The lowest BCUT2D eigenvalue weighted by molar-refractivity contribution is 0.577. The van der Waals surface area contributed by atoms with Gasteiger partial charge in [-0.2, -0.15) is 0 Å². The summed E-state index contributed by atoms with van der Waals surface area (Å²) < 4.78 is 0. The SMILES string of the molecule is CC(C)C(=C/N)/C=C(\N)Nc1ccc2ncc(N3CCCCC3)cc2n1. The topological polar surface area (TPSA) is 93.1 Å². The van der Waals surface area contributed by atoms with Crippen LogP contribution in [-0.4, -0.2) is 23.1 Å². The van der Waals surface area contributed by atoms with Crippen molar-refractivity contribution >= 4 is 22.5 Å². The molecule has 3 heterocycles. The van der Waals surface area contributed by atoms with Gasteiger partial charge in [0.15, 0.2) is 0 Å². The summed E-state index contributed by atoms with van der Waals surface area (Å²) >= 11 is 0. The van der Waals surface area contributed by atoms with Crippen LogP contribution in [0.25, 0.3) is 11.0 Å². The second-order valence-corrected chi connectivity index (χ2v) is 7.02. The van der Waals surface area contributed by atoms with Gasteiger partial charge in [0.2, 0.25) is 0 Å². The highest BCUT2D eigenvalue weighted by atomic mass is 15.1. The number of nitrogens with one attached hydrogen (secondary N) is 1. The van der Waals surface area contributed by atoms with E-state index in [9.17, 15) is 0 Å². The summed E-state index contributed by atoms with van der Waals surface area (Å²) in [7, 11) is 0. The Hall–Kier alpha value is -2.76. The zero-order chi connectivity index (χ0) is 18.5. The van der Waals surface area contributed by atoms with E-state index in [2.05, 4.69) is 40.1 Å². The molecule has 6 nitrogen and oxygen atoms in total. The van der Waals surface area contributed by atoms with Crippen molar-refractivity contribution in [3.8, 4) is 0 Å². The predicted molar refractivity (Wildman–Crippen MR) is 109 cm³/mol. The van der Waals surface area contributed by atoms with Crippen molar-refractivity contribution in [1.29, 1.82) is 0 Å². The highest BCUT2D eigenvalue weighted by molar-refractivity contribution is 5.79. The Bertz CT molecular complexity index is 818. The molecule has 3 rings (SSSR count). The van der Waals surface area contributed by atoms with Crippen LogP contribution in [0, 0.1) is 5.92 Å². The van der Waals surface area contributed by atoms with Gasteiger partial charge in [-0.15, -0.1) is 0 Å². The van der Waals surface area contributed by atoms with E-state index in [1.54, 1.807) is 6.20 Å². The van der Waals surface area contributed by atoms with Crippen molar-refractivity contribution in [2.24, 2.45) is 17.4 Å². The molecule has 0 unspecified atom stereocenters. The van der Waals surface area contributed by atoms with E-state index < -0.39 is 0 Å². The first-order valence-electron chi connectivity index (χ1n) is 9.24. The van der Waals surface area contributed by atoms with Crippen LogP contribution in [0.2, 0.25) is 0 Å². The quantitative estimate of drug-likeness (QED) is 0.715. The number of allylic oxidation sites excluding steroid dienone is 2. The van der Waals surface area contributed by atoms with E-state index in [4.69, 9.17) is 11.5 Å². The summed E-state index contributed by atoms with van der Waals surface area (Å²) in [5.74, 6) is 1.52. The number of fused-ring (bicyclic) bond motifs is 1. The molecule has 1 aliphatic heterocycles. The third-order valence-electron chi connectivity index (χ3n) is 4.70. The Morgan fingerprint density at radius 2 is 1.96 bits per heavy atom. The molecule has 138 valence electrons. The molecule has 0 aromatic carbocycles. The molecule has 26 heavy (non-hydrogen) atoms. The van der Waals surface area contributed by atoms with Crippen molar-refractivity contribution in [2.45, 2.75) is 33.1 Å². The molecular weight excluding hydrogens is 324 g/mol. The molecule has 0 atom stereocenters. The zero-order valence-electron chi connectivity index (χ0n) is 15.6. The maximum absolute atomic E-state index is 6.10. The molecule has 0 saturated carbocycles. The molecule has 5 N–H and O–H groups in total. The van der Waals surface area contributed by atoms with Crippen molar-refractivity contribution in [2.75, 3.05) is 23.3 Å². The van der Waals surface area contributed by atoms with Crippen molar-refractivity contribution in [1.82, 2.24) is 9.97 Å². The van der Waals surface area contributed by atoms with Gasteiger partial charge in [-0.05, 0) is 61.2 Å². The first-order valence-corrected chi connectivity index (χ1v) is 9.24. The van der Waals surface area contributed by atoms with E-state index in [1.165, 1.54) is 19.3 Å². The van der Waals surface area contributed by atoms with E-state index in [0.29, 0.717) is 17.6 Å². The fourth-order valence-electron chi connectivity index (χ4n) is 3.16. The van der Waals surface area contributed by atoms with Crippen LogP contribution >= 0.6 is 0 Å². The number of anilines is 2. The summed E-state index contributed by atoms with van der Waals surface area (Å²) in [5, 5.41) is 3.14. The number of pyridine rings is 2. The summed E-state index contributed by atoms with van der Waals surface area (Å²) in [6, 6.07) is 5.95. The summed E-state index contributed by atoms with van der Waals surface area (Å²) in [6.45, 7) is 6.32. The second kappa shape index (κ2) is 8.08.